The van der Waals surface area contributed by atoms with Crippen molar-refractivity contribution in [2.24, 2.45) is 5.41 Å². The molecule has 1 saturated carbocycles. The minimum Gasteiger partial charge on any atom is -0.488 e. The van der Waals surface area contributed by atoms with Crippen LogP contribution in [0.5, 0.6) is 5.75 Å². The molecule has 0 radical (unpaired) electrons. The molecule has 9 heteroatoms. The Hall–Kier alpha value is -3.16. The summed E-state index contributed by atoms with van der Waals surface area (Å²) in [4.78, 5) is 8.97. The van der Waals surface area contributed by atoms with Crippen LogP contribution in [0, 0.1) is 17.3 Å². The molecule has 0 amide bonds. The Morgan fingerprint density at radius 2 is 2.09 bits per heavy atom. The molecule has 1 saturated heterocycles. The summed E-state index contributed by atoms with van der Waals surface area (Å²) < 4.78 is 17.9. The second-order valence-corrected chi connectivity index (χ2v) is 9.76. The molecule has 184 valence electrons. The van der Waals surface area contributed by atoms with Crippen LogP contribution in [0.15, 0.2) is 42.9 Å². The summed E-state index contributed by atoms with van der Waals surface area (Å²) in [5.74, 6) is 7.06. The molecule has 0 bridgehead atoms. The maximum absolute atomic E-state index is 6.17. The Kier molecular flexibility index (Phi) is 7.16. The third-order valence-corrected chi connectivity index (χ3v) is 5.69. The summed E-state index contributed by atoms with van der Waals surface area (Å²) in [6.45, 7) is 7.43. The third kappa shape index (κ3) is 6.71. The Bertz CT molecular complexity index is 1100. The molecule has 2 aromatic rings. The van der Waals surface area contributed by atoms with Gasteiger partial charge < -0.3 is 25.0 Å². The molecule has 1 aliphatic carbocycles. The molecule has 0 atom stereocenters. The van der Waals surface area contributed by atoms with Gasteiger partial charge in [0.15, 0.2) is 6.29 Å². The van der Waals surface area contributed by atoms with E-state index in [2.05, 4.69) is 51.9 Å². The number of hydrazine groups is 2. The van der Waals surface area contributed by atoms with E-state index in [1.807, 2.05) is 35.5 Å². The van der Waals surface area contributed by atoms with Gasteiger partial charge in [0.05, 0.1) is 43.8 Å². The summed E-state index contributed by atoms with van der Waals surface area (Å²) in [6, 6.07) is 7.84. The summed E-state index contributed by atoms with van der Waals surface area (Å²) in [5.41, 5.74) is 9.76. The van der Waals surface area contributed by atoms with Gasteiger partial charge in [-0.25, -0.2) is 4.98 Å². The first-order valence-electron chi connectivity index (χ1n) is 12.0. The Labute approximate surface area is 206 Å². The zero-order valence-corrected chi connectivity index (χ0v) is 20.2. The molecule has 0 aromatic carbocycles. The number of rotatable bonds is 8. The predicted molar refractivity (Wildman–Crippen MR) is 131 cm³/mol. The average Bonchev–Trinajstić information content (AvgIpc) is 3.56. The van der Waals surface area contributed by atoms with Crippen LogP contribution in [-0.4, -0.2) is 53.7 Å². The van der Waals surface area contributed by atoms with Crippen LogP contribution in [0.1, 0.15) is 43.6 Å². The summed E-state index contributed by atoms with van der Waals surface area (Å²) in [7, 11) is 0. The van der Waals surface area contributed by atoms with E-state index in [1.54, 1.807) is 12.4 Å². The molecular weight excluding hydrogens is 444 g/mol. The average molecular weight is 477 g/mol. The number of hydrogen-bond acceptors (Lipinski definition) is 9. The van der Waals surface area contributed by atoms with Gasteiger partial charge in [-0.1, -0.05) is 31.8 Å². The van der Waals surface area contributed by atoms with Crippen LogP contribution in [-0.2, 0) is 16.0 Å². The minimum atomic E-state index is -0.285. The molecule has 0 unspecified atom stereocenters. The number of nitrogens with one attached hydrogen (secondary N) is 3. The summed E-state index contributed by atoms with van der Waals surface area (Å²) in [6.07, 6.45) is 7.62. The largest absolute Gasteiger partial charge is 0.488 e. The number of aromatic nitrogens is 2. The highest BCUT2D eigenvalue weighted by Gasteiger charge is 2.31. The fourth-order valence-corrected chi connectivity index (χ4v) is 3.64. The number of hydrogen-bond donors (Lipinski definition) is 3. The van der Waals surface area contributed by atoms with E-state index in [0.717, 1.165) is 41.2 Å². The van der Waals surface area contributed by atoms with Crippen LogP contribution in [0.3, 0.4) is 0 Å². The fourth-order valence-electron chi connectivity index (χ4n) is 3.64. The molecule has 0 spiro atoms. The lowest BCUT2D eigenvalue weighted by atomic mass is 9.96. The standard InChI is InChI=1S/C26H32N6O3/c1-26(2)17-33-24(34-18-26)16-32-15-22(30-31-32)25-23(35-21-8-9-21)12-19(13-29-25)6-5-10-27-14-20-7-3-4-11-28-20/h3-4,7,11-13,15,21,24,27,30-31H,8-10,14,16-18H2,1-2H3. The van der Waals surface area contributed by atoms with Gasteiger partial charge in [-0.05, 0) is 31.0 Å². The zero-order valence-electron chi connectivity index (χ0n) is 20.2. The zero-order chi connectivity index (χ0) is 24.1. The first-order chi connectivity index (χ1) is 17.0. The molecule has 5 rings (SSSR count). The van der Waals surface area contributed by atoms with Gasteiger partial charge in [-0.3, -0.25) is 9.99 Å². The van der Waals surface area contributed by atoms with Crippen molar-refractivity contribution in [1.82, 2.24) is 31.3 Å². The van der Waals surface area contributed by atoms with E-state index in [-0.39, 0.29) is 17.8 Å². The predicted octanol–water partition coefficient (Wildman–Crippen LogP) is 2.18. The molecule has 2 fully saturated rings. The van der Waals surface area contributed by atoms with Gasteiger partial charge in [0, 0.05) is 36.1 Å². The molecule has 35 heavy (non-hydrogen) atoms. The van der Waals surface area contributed by atoms with E-state index >= 15 is 0 Å². The van der Waals surface area contributed by atoms with Crippen molar-refractivity contribution < 1.29 is 14.2 Å². The Balaban J connectivity index is 1.21. The summed E-state index contributed by atoms with van der Waals surface area (Å²) in [5, 5.41) is 5.19. The van der Waals surface area contributed by atoms with Gasteiger partial charge in [-0.15, -0.1) is 5.53 Å². The van der Waals surface area contributed by atoms with Gasteiger partial charge in [0.2, 0.25) is 0 Å². The van der Waals surface area contributed by atoms with Crippen molar-refractivity contribution in [2.45, 2.75) is 45.6 Å². The first kappa shape index (κ1) is 23.6. The Morgan fingerprint density at radius 3 is 2.86 bits per heavy atom. The van der Waals surface area contributed by atoms with Crippen LogP contribution >= 0.6 is 0 Å². The van der Waals surface area contributed by atoms with E-state index in [0.29, 0.717) is 32.8 Å². The number of ether oxygens (including phenoxy) is 3. The van der Waals surface area contributed by atoms with Crippen molar-refractivity contribution in [2.75, 3.05) is 26.3 Å². The first-order valence-corrected chi connectivity index (χ1v) is 12.0. The lowest BCUT2D eigenvalue weighted by Gasteiger charge is -2.35. The molecule has 9 nitrogen and oxygen atoms in total. The lowest BCUT2D eigenvalue weighted by Crippen LogP contribution is -2.46. The second-order valence-electron chi connectivity index (χ2n) is 9.76. The topological polar surface area (TPSA) is 92.8 Å². The molecule has 4 heterocycles. The number of nitrogens with zero attached hydrogens (tertiary/aromatic N) is 3. The minimum absolute atomic E-state index is 0.0486. The Morgan fingerprint density at radius 1 is 1.23 bits per heavy atom. The van der Waals surface area contributed by atoms with E-state index in [4.69, 9.17) is 14.2 Å². The lowest BCUT2D eigenvalue weighted by molar-refractivity contribution is -0.227. The van der Waals surface area contributed by atoms with Crippen molar-refractivity contribution in [1.29, 1.82) is 0 Å². The van der Waals surface area contributed by atoms with Gasteiger partial charge in [0.25, 0.3) is 0 Å². The maximum Gasteiger partial charge on any atom is 0.176 e. The third-order valence-electron chi connectivity index (χ3n) is 5.69. The van der Waals surface area contributed by atoms with Crippen LogP contribution in [0.2, 0.25) is 0 Å². The highest BCUT2D eigenvalue weighted by molar-refractivity contribution is 5.67. The van der Waals surface area contributed by atoms with Crippen molar-refractivity contribution >= 4 is 5.70 Å². The SMILES string of the molecule is CC1(C)COC(CN2C=C(c3ncc(C#CCNCc4ccccn4)cc3OC3CC3)NN2)OC1. The quantitative estimate of drug-likeness (QED) is 0.392. The van der Waals surface area contributed by atoms with Crippen LogP contribution in [0.25, 0.3) is 5.70 Å². The molecule has 3 N–H and O–H groups in total. The van der Waals surface area contributed by atoms with E-state index in [1.165, 1.54) is 0 Å². The second kappa shape index (κ2) is 10.6. The van der Waals surface area contributed by atoms with E-state index < -0.39 is 0 Å². The van der Waals surface area contributed by atoms with Crippen molar-refractivity contribution in [3.63, 3.8) is 0 Å². The fraction of sp³-hybridized carbons (Fsp3) is 0.462. The highest BCUT2D eigenvalue weighted by Crippen LogP contribution is 2.32. The van der Waals surface area contributed by atoms with Crippen molar-refractivity contribution in [3.05, 3.63) is 59.8 Å². The monoisotopic (exact) mass is 476 g/mol. The van der Waals surface area contributed by atoms with Gasteiger partial charge >= 0.3 is 0 Å². The normalized spacial score (nSPS) is 19.5. The van der Waals surface area contributed by atoms with Crippen LogP contribution < -0.4 is 21.0 Å². The van der Waals surface area contributed by atoms with Crippen molar-refractivity contribution in [3.8, 4) is 17.6 Å². The molecule has 2 aliphatic heterocycles. The molecular formula is C26H32N6O3. The highest BCUT2D eigenvalue weighted by atomic mass is 16.7. The summed E-state index contributed by atoms with van der Waals surface area (Å²) >= 11 is 0. The smallest absolute Gasteiger partial charge is 0.176 e. The van der Waals surface area contributed by atoms with Gasteiger partial charge in [-0.2, -0.15) is 0 Å². The number of pyridine rings is 2. The van der Waals surface area contributed by atoms with E-state index in [9.17, 15) is 0 Å². The molecule has 3 aliphatic rings. The maximum atomic E-state index is 6.17. The van der Waals surface area contributed by atoms with Gasteiger partial charge in [0.1, 0.15) is 11.4 Å². The molecule has 2 aromatic heterocycles. The van der Waals surface area contributed by atoms with Crippen LogP contribution in [0.4, 0.5) is 0 Å².